The lowest BCUT2D eigenvalue weighted by molar-refractivity contribution is 0.0999. The number of aryl methyl sites for hydroxylation is 1. The van der Waals surface area contributed by atoms with E-state index >= 15 is 0 Å². The van der Waals surface area contributed by atoms with Gasteiger partial charge in [0.1, 0.15) is 0 Å². The molecule has 1 heterocycles. The minimum absolute atomic E-state index is 0.0685. The van der Waals surface area contributed by atoms with Crippen molar-refractivity contribution in [2.24, 2.45) is 11.7 Å². The summed E-state index contributed by atoms with van der Waals surface area (Å²) in [6.07, 6.45) is 2.67. The smallest absolute Gasteiger partial charge is 0.249 e. The number of ether oxygens (including phenoxy) is 1. The van der Waals surface area contributed by atoms with E-state index in [9.17, 15) is 13.2 Å². The maximum Gasteiger partial charge on any atom is 0.249 e. The Bertz CT molecular complexity index is 707. The Hall–Kier alpha value is -1.44. The second-order valence-electron chi connectivity index (χ2n) is 6.38. The van der Waals surface area contributed by atoms with Gasteiger partial charge in [-0.05, 0) is 49.8 Å². The minimum atomic E-state index is -3.63. The molecule has 2 N–H and O–H groups in total. The molecule has 0 aromatic heterocycles. The van der Waals surface area contributed by atoms with Crippen LogP contribution in [0, 0.1) is 12.8 Å². The van der Waals surface area contributed by atoms with Crippen LogP contribution in [0.15, 0.2) is 23.1 Å². The largest absolute Gasteiger partial charge is 0.381 e. The molecule has 1 aliphatic carbocycles. The van der Waals surface area contributed by atoms with Gasteiger partial charge in [-0.3, -0.25) is 4.79 Å². The second-order valence-corrected chi connectivity index (χ2v) is 8.27. The summed E-state index contributed by atoms with van der Waals surface area (Å²) in [4.78, 5) is 11.6. The number of sulfonamides is 1. The molecule has 6 nitrogen and oxygen atoms in total. The molecule has 2 fully saturated rings. The Labute approximate surface area is 136 Å². The highest BCUT2D eigenvalue weighted by Crippen LogP contribution is 2.34. The van der Waals surface area contributed by atoms with Gasteiger partial charge in [0, 0.05) is 24.8 Å². The summed E-state index contributed by atoms with van der Waals surface area (Å²) >= 11 is 0. The number of hydrogen-bond acceptors (Lipinski definition) is 4. The number of carbonyl (C=O) groups is 1. The van der Waals surface area contributed by atoms with Crippen LogP contribution in [0.1, 0.15) is 35.2 Å². The summed E-state index contributed by atoms with van der Waals surface area (Å²) in [6, 6.07) is 4.65. The maximum absolute atomic E-state index is 13.0. The van der Waals surface area contributed by atoms with Crippen LogP contribution < -0.4 is 5.73 Å². The first kappa shape index (κ1) is 16.4. The lowest BCUT2D eigenvalue weighted by Gasteiger charge is -2.24. The Morgan fingerprint density at radius 3 is 2.65 bits per heavy atom. The number of hydrogen-bond donors (Lipinski definition) is 1. The highest BCUT2D eigenvalue weighted by molar-refractivity contribution is 7.89. The average Bonchev–Trinajstić information content (AvgIpc) is 3.20. The quantitative estimate of drug-likeness (QED) is 0.846. The van der Waals surface area contributed by atoms with Crippen LogP contribution in [0.3, 0.4) is 0 Å². The van der Waals surface area contributed by atoms with E-state index in [4.69, 9.17) is 10.5 Å². The molecule has 7 heteroatoms. The van der Waals surface area contributed by atoms with E-state index < -0.39 is 15.9 Å². The monoisotopic (exact) mass is 338 g/mol. The van der Waals surface area contributed by atoms with Crippen molar-refractivity contribution in [1.82, 2.24) is 4.31 Å². The molecule has 23 heavy (non-hydrogen) atoms. The Morgan fingerprint density at radius 1 is 1.35 bits per heavy atom. The van der Waals surface area contributed by atoms with Crippen LogP contribution in [0.2, 0.25) is 0 Å². The topological polar surface area (TPSA) is 89.7 Å². The van der Waals surface area contributed by atoms with Gasteiger partial charge in [0.05, 0.1) is 11.5 Å². The standard InChI is InChI=1S/C16H22N2O4S/c1-11-2-5-14(8-15(11)16(17)19)23(20,21)18(13-3-4-13)9-12-6-7-22-10-12/h2,5,8,12-13H,3-4,6-7,9-10H2,1H3,(H2,17,19). The van der Waals surface area contributed by atoms with E-state index in [2.05, 4.69) is 0 Å². The molecule has 126 valence electrons. The van der Waals surface area contributed by atoms with Crippen molar-refractivity contribution in [3.8, 4) is 0 Å². The summed E-state index contributed by atoms with van der Waals surface area (Å²) in [5, 5.41) is 0. The Morgan fingerprint density at radius 2 is 2.09 bits per heavy atom. The van der Waals surface area contributed by atoms with Gasteiger partial charge in [0.2, 0.25) is 15.9 Å². The van der Waals surface area contributed by atoms with Crippen LogP contribution in [0.4, 0.5) is 0 Å². The molecule has 1 saturated heterocycles. The minimum Gasteiger partial charge on any atom is -0.381 e. The van der Waals surface area contributed by atoms with Crippen molar-refractivity contribution in [3.63, 3.8) is 0 Å². The zero-order chi connectivity index (χ0) is 16.6. The molecule has 1 aliphatic heterocycles. The summed E-state index contributed by atoms with van der Waals surface area (Å²) < 4.78 is 33.0. The third-order valence-corrected chi connectivity index (χ3v) is 6.41. The fourth-order valence-electron chi connectivity index (χ4n) is 2.95. The van der Waals surface area contributed by atoms with E-state index in [1.165, 1.54) is 6.07 Å². The molecular formula is C16H22N2O4S. The normalized spacial score (nSPS) is 21.7. The molecule has 0 spiro atoms. The number of amides is 1. The first-order valence-electron chi connectivity index (χ1n) is 7.89. The van der Waals surface area contributed by atoms with Crippen molar-refractivity contribution in [2.45, 2.75) is 37.1 Å². The van der Waals surface area contributed by atoms with Crippen molar-refractivity contribution in [3.05, 3.63) is 29.3 Å². The average molecular weight is 338 g/mol. The molecule has 1 unspecified atom stereocenters. The Kier molecular flexibility index (Phi) is 4.44. The maximum atomic E-state index is 13.0. The van der Waals surface area contributed by atoms with E-state index in [0.717, 1.165) is 19.3 Å². The first-order chi connectivity index (χ1) is 10.9. The molecule has 3 rings (SSSR count). The number of rotatable bonds is 6. The van der Waals surface area contributed by atoms with E-state index in [0.29, 0.717) is 25.3 Å². The van der Waals surface area contributed by atoms with Crippen LogP contribution in [-0.4, -0.2) is 44.4 Å². The number of nitrogens with zero attached hydrogens (tertiary/aromatic N) is 1. The summed E-state index contributed by atoms with van der Waals surface area (Å²) in [6.45, 7) is 3.52. The highest BCUT2D eigenvalue weighted by Gasteiger charge is 2.40. The molecule has 0 bridgehead atoms. The van der Waals surface area contributed by atoms with Gasteiger partial charge in [-0.25, -0.2) is 8.42 Å². The second kappa shape index (κ2) is 6.22. The van der Waals surface area contributed by atoms with Gasteiger partial charge in [-0.1, -0.05) is 6.07 Å². The van der Waals surface area contributed by atoms with Crippen molar-refractivity contribution < 1.29 is 17.9 Å². The van der Waals surface area contributed by atoms with Crippen LogP contribution in [0.5, 0.6) is 0 Å². The molecule has 1 atom stereocenters. The lowest BCUT2D eigenvalue weighted by Crippen LogP contribution is -2.37. The van der Waals surface area contributed by atoms with E-state index in [1.54, 1.807) is 23.4 Å². The van der Waals surface area contributed by atoms with Gasteiger partial charge in [-0.2, -0.15) is 4.31 Å². The predicted molar refractivity (Wildman–Crippen MR) is 85.5 cm³/mol. The first-order valence-corrected chi connectivity index (χ1v) is 9.33. The zero-order valence-corrected chi connectivity index (χ0v) is 14.0. The van der Waals surface area contributed by atoms with Gasteiger partial charge >= 0.3 is 0 Å². The molecule has 1 aromatic carbocycles. The summed E-state index contributed by atoms with van der Waals surface area (Å²) in [7, 11) is -3.63. The van der Waals surface area contributed by atoms with Crippen molar-refractivity contribution in [2.75, 3.05) is 19.8 Å². The molecule has 2 aliphatic rings. The number of nitrogens with two attached hydrogens (primary N) is 1. The molecule has 0 radical (unpaired) electrons. The van der Waals surface area contributed by atoms with Crippen LogP contribution in [0.25, 0.3) is 0 Å². The number of benzene rings is 1. The van der Waals surface area contributed by atoms with Gasteiger partial charge in [-0.15, -0.1) is 0 Å². The van der Waals surface area contributed by atoms with Crippen molar-refractivity contribution in [1.29, 1.82) is 0 Å². The van der Waals surface area contributed by atoms with Gasteiger partial charge in [0.25, 0.3) is 0 Å². The predicted octanol–water partition coefficient (Wildman–Crippen LogP) is 1.28. The SMILES string of the molecule is Cc1ccc(S(=O)(=O)N(CC2CCOC2)C2CC2)cc1C(N)=O. The zero-order valence-electron chi connectivity index (χ0n) is 13.2. The third kappa shape index (κ3) is 3.41. The summed E-state index contributed by atoms with van der Waals surface area (Å²) in [5.41, 5.74) is 6.28. The van der Waals surface area contributed by atoms with Gasteiger partial charge in [0.15, 0.2) is 0 Å². The molecule has 1 saturated carbocycles. The van der Waals surface area contributed by atoms with E-state index in [-0.39, 0.29) is 22.4 Å². The third-order valence-electron chi connectivity index (χ3n) is 4.50. The van der Waals surface area contributed by atoms with Crippen LogP contribution in [-0.2, 0) is 14.8 Å². The summed E-state index contributed by atoms with van der Waals surface area (Å²) in [5.74, 6) is -0.367. The molecular weight excluding hydrogens is 316 g/mol. The van der Waals surface area contributed by atoms with E-state index in [1.807, 2.05) is 0 Å². The molecule has 1 aromatic rings. The van der Waals surface area contributed by atoms with Crippen molar-refractivity contribution >= 4 is 15.9 Å². The fourth-order valence-corrected chi connectivity index (χ4v) is 4.74. The number of primary amides is 1. The lowest BCUT2D eigenvalue weighted by atomic mass is 10.1. The molecule has 1 amide bonds. The van der Waals surface area contributed by atoms with Crippen LogP contribution >= 0.6 is 0 Å². The number of carbonyl (C=O) groups excluding carboxylic acids is 1. The van der Waals surface area contributed by atoms with Gasteiger partial charge < -0.3 is 10.5 Å². The fraction of sp³-hybridized carbons (Fsp3) is 0.562. The highest BCUT2D eigenvalue weighted by atomic mass is 32.2. The Balaban J connectivity index is 1.91.